The van der Waals surface area contributed by atoms with Crippen LogP contribution in [0.25, 0.3) is 11.2 Å². The summed E-state index contributed by atoms with van der Waals surface area (Å²) >= 11 is 0. The first-order valence-electron chi connectivity index (χ1n) is 6.43. The minimum absolute atomic E-state index is 0.337. The number of rotatable bonds is 1. The van der Waals surface area contributed by atoms with Gasteiger partial charge in [0.05, 0.1) is 17.5 Å². The van der Waals surface area contributed by atoms with E-state index in [1.807, 2.05) is 45.4 Å². The molecule has 0 amide bonds. The Morgan fingerprint density at radius 3 is 2.37 bits per heavy atom. The summed E-state index contributed by atoms with van der Waals surface area (Å²) in [6.45, 7) is 8.17. The average Bonchev–Trinajstić information content (AvgIpc) is 2.78. The molecule has 6 heteroatoms. The van der Waals surface area contributed by atoms with Crippen molar-refractivity contribution in [2.75, 3.05) is 0 Å². The van der Waals surface area contributed by atoms with Gasteiger partial charge in [0.2, 0.25) is 0 Å². The van der Waals surface area contributed by atoms with Crippen molar-refractivity contribution in [2.24, 2.45) is 7.05 Å². The quantitative estimate of drug-likeness (QED) is 0.723. The number of aryl methyl sites for hydroxylation is 1. The van der Waals surface area contributed by atoms with E-state index in [4.69, 9.17) is 9.31 Å². The van der Waals surface area contributed by atoms with Crippen LogP contribution < -0.4 is 5.46 Å². The molecule has 1 saturated heterocycles. The highest BCUT2D eigenvalue weighted by Gasteiger charge is 2.51. The second kappa shape index (κ2) is 3.80. The Bertz CT molecular complexity index is 620. The van der Waals surface area contributed by atoms with Crippen LogP contribution in [0.2, 0.25) is 0 Å². The lowest BCUT2D eigenvalue weighted by Crippen LogP contribution is -2.41. The zero-order chi connectivity index (χ0) is 13.8. The van der Waals surface area contributed by atoms with Crippen molar-refractivity contribution in [2.45, 2.75) is 38.9 Å². The summed E-state index contributed by atoms with van der Waals surface area (Å²) in [4.78, 5) is 8.73. The second-order valence-electron chi connectivity index (χ2n) is 6.06. The molecule has 5 nitrogen and oxygen atoms in total. The fourth-order valence-electron chi connectivity index (χ4n) is 2.14. The monoisotopic (exact) mass is 259 g/mol. The van der Waals surface area contributed by atoms with Gasteiger partial charge in [-0.15, -0.1) is 0 Å². The van der Waals surface area contributed by atoms with Crippen molar-refractivity contribution in [1.82, 2.24) is 14.5 Å². The van der Waals surface area contributed by atoms with Crippen LogP contribution in [0.1, 0.15) is 27.7 Å². The Labute approximate surface area is 113 Å². The van der Waals surface area contributed by atoms with Gasteiger partial charge in [-0.1, -0.05) is 0 Å². The van der Waals surface area contributed by atoms with Crippen LogP contribution in [0.3, 0.4) is 0 Å². The average molecular weight is 259 g/mol. The molecule has 0 atom stereocenters. The molecule has 0 unspecified atom stereocenters. The minimum Gasteiger partial charge on any atom is -0.399 e. The highest BCUT2D eigenvalue weighted by atomic mass is 16.7. The van der Waals surface area contributed by atoms with Crippen LogP contribution in [0.15, 0.2) is 18.6 Å². The molecule has 0 aromatic carbocycles. The zero-order valence-electron chi connectivity index (χ0n) is 12.0. The highest BCUT2D eigenvalue weighted by molar-refractivity contribution is 6.62. The molecule has 2 aromatic rings. The van der Waals surface area contributed by atoms with Crippen LogP contribution in [0, 0.1) is 0 Å². The van der Waals surface area contributed by atoms with Crippen molar-refractivity contribution < 1.29 is 9.31 Å². The van der Waals surface area contributed by atoms with E-state index in [0.29, 0.717) is 0 Å². The second-order valence-corrected chi connectivity index (χ2v) is 6.06. The summed E-state index contributed by atoms with van der Waals surface area (Å²) in [5, 5.41) is 0. The van der Waals surface area contributed by atoms with Gasteiger partial charge in [0.1, 0.15) is 5.52 Å². The molecule has 1 aliphatic rings. The molecule has 0 spiro atoms. The van der Waals surface area contributed by atoms with E-state index in [2.05, 4.69) is 9.97 Å². The van der Waals surface area contributed by atoms with Gasteiger partial charge in [0.15, 0.2) is 5.65 Å². The predicted molar refractivity (Wildman–Crippen MR) is 74.2 cm³/mol. The lowest BCUT2D eigenvalue weighted by atomic mass is 9.80. The Morgan fingerprint density at radius 2 is 1.74 bits per heavy atom. The minimum atomic E-state index is -0.385. The van der Waals surface area contributed by atoms with Crippen LogP contribution >= 0.6 is 0 Å². The normalized spacial score (nSPS) is 21.2. The van der Waals surface area contributed by atoms with Gasteiger partial charge in [-0.2, -0.15) is 0 Å². The Morgan fingerprint density at radius 1 is 1.11 bits per heavy atom. The van der Waals surface area contributed by atoms with E-state index in [1.165, 1.54) is 0 Å². The number of hydrogen-bond acceptors (Lipinski definition) is 4. The number of fused-ring (bicyclic) bond motifs is 1. The summed E-state index contributed by atoms with van der Waals surface area (Å²) in [6.07, 6.45) is 3.55. The standard InChI is InChI=1S/C13H18BN3O2/c1-12(2)13(3,4)19-14(18-12)9-6-10-11(15-7-9)17(5)8-16-10/h6-8H,1-5H3. The maximum atomic E-state index is 6.01. The van der Waals surface area contributed by atoms with Gasteiger partial charge in [0, 0.05) is 18.7 Å². The maximum Gasteiger partial charge on any atom is 0.496 e. The summed E-state index contributed by atoms with van der Waals surface area (Å²) < 4.78 is 13.9. The molecule has 0 saturated carbocycles. The van der Waals surface area contributed by atoms with Gasteiger partial charge in [0.25, 0.3) is 0 Å². The van der Waals surface area contributed by atoms with E-state index in [0.717, 1.165) is 16.6 Å². The Balaban J connectivity index is 1.98. The number of imidazole rings is 1. The third kappa shape index (κ3) is 1.86. The van der Waals surface area contributed by atoms with Crippen LogP contribution in [-0.2, 0) is 16.4 Å². The lowest BCUT2D eigenvalue weighted by molar-refractivity contribution is 0.00578. The number of aromatic nitrogens is 3. The van der Waals surface area contributed by atoms with Crippen molar-refractivity contribution in [3.05, 3.63) is 18.6 Å². The first kappa shape index (κ1) is 12.6. The molecule has 1 aliphatic heterocycles. The largest absolute Gasteiger partial charge is 0.496 e. The molecule has 2 aromatic heterocycles. The fraction of sp³-hybridized carbons (Fsp3) is 0.538. The Kier molecular flexibility index (Phi) is 2.53. The predicted octanol–water partition coefficient (Wildman–Crippen LogP) is 1.27. The van der Waals surface area contributed by atoms with Crippen molar-refractivity contribution in [1.29, 1.82) is 0 Å². The molecule has 0 radical (unpaired) electrons. The van der Waals surface area contributed by atoms with Gasteiger partial charge < -0.3 is 13.9 Å². The van der Waals surface area contributed by atoms with Crippen LogP contribution in [0.4, 0.5) is 0 Å². The van der Waals surface area contributed by atoms with Crippen molar-refractivity contribution in [3.8, 4) is 0 Å². The molecule has 0 bridgehead atoms. The van der Waals surface area contributed by atoms with Crippen LogP contribution in [-0.4, -0.2) is 32.9 Å². The molecule has 3 rings (SSSR count). The number of hydrogen-bond donors (Lipinski definition) is 0. The first-order chi connectivity index (χ1) is 8.80. The summed E-state index contributed by atoms with van der Waals surface area (Å²) in [6, 6.07) is 1.98. The fourth-order valence-corrected chi connectivity index (χ4v) is 2.14. The summed E-state index contributed by atoms with van der Waals surface area (Å²) in [5.74, 6) is 0. The molecule has 100 valence electrons. The van der Waals surface area contributed by atoms with Gasteiger partial charge in [-0.25, -0.2) is 9.97 Å². The molecular formula is C13H18BN3O2. The zero-order valence-corrected chi connectivity index (χ0v) is 12.0. The van der Waals surface area contributed by atoms with Crippen molar-refractivity contribution in [3.63, 3.8) is 0 Å². The molecule has 3 heterocycles. The third-order valence-electron chi connectivity index (χ3n) is 4.10. The van der Waals surface area contributed by atoms with Crippen LogP contribution in [0.5, 0.6) is 0 Å². The SMILES string of the molecule is Cn1cnc2cc(B3OC(C)(C)C(C)(C)O3)cnc21. The van der Waals surface area contributed by atoms with Crippen molar-refractivity contribution >= 4 is 23.7 Å². The van der Waals surface area contributed by atoms with E-state index >= 15 is 0 Å². The maximum absolute atomic E-state index is 6.01. The van der Waals surface area contributed by atoms with Gasteiger partial charge in [-0.05, 0) is 33.8 Å². The molecule has 1 fully saturated rings. The lowest BCUT2D eigenvalue weighted by Gasteiger charge is -2.32. The van der Waals surface area contributed by atoms with E-state index < -0.39 is 0 Å². The Hall–Kier alpha value is -1.40. The summed E-state index contributed by atoms with van der Waals surface area (Å²) in [5.41, 5.74) is 1.95. The third-order valence-corrected chi connectivity index (χ3v) is 4.10. The van der Waals surface area contributed by atoms with Gasteiger partial charge in [-0.3, -0.25) is 0 Å². The first-order valence-corrected chi connectivity index (χ1v) is 6.43. The topological polar surface area (TPSA) is 49.2 Å². The van der Waals surface area contributed by atoms with E-state index in [9.17, 15) is 0 Å². The molecular weight excluding hydrogens is 241 g/mol. The molecule has 0 aliphatic carbocycles. The highest BCUT2D eigenvalue weighted by Crippen LogP contribution is 2.36. The van der Waals surface area contributed by atoms with E-state index in [1.54, 1.807) is 12.5 Å². The van der Waals surface area contributed by atoms with Gasteiger partial charge >= 0.3 is 7.12 Å². The molecule has 19 heavy (non-hydrogen) atoms. The number of pyridine rings is 1. The summed E-state index contributed by atoms with van der Waals surface area (Å²) in [7, 11) is 1.54. The van der Waals surface area contributed by atoms with E-state index in [-0.39, 0.29) is 18.3 Å². The number of nitrogens with zero attached hydrogens (tertiary/aromatic N) is 3. The smallest absolute Gasteiger partial charge is 0.399 e. The molecule has 0 N–H and O–H groups in total.